The highest BCUT2D eigenvalue weighted by Gasteiger charge is 2.26. The zero-order valence-electron chi connectivity index (χ0n) is 20.9. The molecule has 35 heavy (non-hydrogen) atoms. The van der Waals surface area contributed by atoms with Crippen LogP contribution < -0.4 is 25.4 Å². The largest absolute Gasteiger partial charge is 0.454 e. The Morgan fingerprint density at radius 1 is 1.03 bits per heavy atom. The van der Waals surface area contributed by atoms with Crippen LogP contribution in [0.3, 0.4) is 0 Å². The first-order chi connectivity index (χ1) is 17.2. The molecule has 5 rings (SSSR count). The second-order valence-electron chi connectivity index (χ2n) is 10.4. The van der Waals surface area contributed by atoms with Crippen molar-refractivity contribution in [1.29, 1.82) is 0 Å². The first-order valence-corrected chi connectivity index (χ1v) is 13.4. The fourth-order valence-corrected chi connectivity index (χ4v) is 5.79. The minimum atomic E-state index is 0.0650. The van der Waals surface area contributed by atoms with Crippen molar-refractivity contribution in [3.63, 3.8) is 0 Å². The van der Waals surface area contributed by atoms with Gasteiger partial charge in [-0.3, -0.25) is 4.79 Å². The Hall–Kier alpha value is -2.57. The third-order valence-electron chi connectivity index (χ3n) is 8.00. The molecule has 3 unspecified atom stereocenters. The monoisotopic (exact) mass is 477 g/mol. The summed E-state index contributed by atoms with van der Waals surface area (Å²) in [6.45, 7) is 5.53. The van der Waals surface area contributed by atoms with Crippen LogP contribution in [0.15, 0.2) is 42.5 Å². The Bertz CT molecular complexity index is 987. The number of ether oxygens (including phenoxy) is 2. The number of nitrogens with one attached hydrogen (secondary N) is 3. The summed E-state index contributed by atoms with van der Waals surface area (Å²) in [5, 5.41) is 10.2. The molecule has 1 aliphatic carbocycles. The summed E-state index contributed by atoms with van der Waals surface area (Å²) in [6, 6.07) is 15.2. The number of carbonyl (C=O) groups excluding carboxylic acids is 1. The zero-order chi connectivity index (χ0) is 24.0. The van der Waals surface area contributed by atoms with Gasteiger partial charge in [-0.15, -0.1) is 0 Å². The smallest absolute Gasteiger partial charge is 0.251 e. The van der Waals surface area contributed by atoms with E-state index in [0.29, 0.717) is 24.8 Å². The van der Waals surface area contributed by atoms with Crippen LogP contribution in [0.1, 0.15) is 85.3 Å². The van der Waals surface area contributed by atoms with Crippen LogP contribution in [0, 0.1) is 5.92 Å². The van der Waals surface area contributed by atoms with E-state index in [9.17, 15) is 4.79 Å². The van der Waals surface area contributed by atoms with Crippen LogP contribution in [-0.2, 0) is 0 Å². The third-order valence-corrected chi connectivity index (χ3v) is 8.00. The zero-order valence-corrected chi connectivity index (χ0v) is 20.9. The van der Waals surface area contributed by atoms with Gasteiger partial charge in [-0.1, -0.05) is 18.2 Å². The molecule has 3 N–H and O–H groups in total. The van der Waals surface area contributed by atoms with Gasteiger partial charge in [-0.25, -0.2) is 0 Å². The normalized spacial score (nSPS) is 22.8. The fraction of sp³-hybridized carbons (Fsp3) is 0.552. The molecule has 6 heteroatoms. The van der Waals surface area contributed by atoms with Crippen molar-refractivity contribution in [3.8, 4) is 11.5 Å². The Balaban J connectivity index is 1.02. The van der Waals surface area contributed by atoms with Crippen molar-refractivity contribution in [2.75, 3.05) is 26.4 Å². The minimum absolute atomic E-state index is 0.0650. The van der Waals surface area contributed by atoms with Gasteiger partial charge < -0.3 is 25.4 Å². The average molecular weight is 478 g/mol. The summed E-state index contributed by atoms with van der Waals surface area (Å²) in [5.74, 6) is 3.18. The first-order valence-electron chi connectivity index (χ1n) is 13.4. The maximum atomic E-state index is 12.6. The summed E-state index contributed by atoms with van der Waals surface area (Å²) in [6.07, 6.45) is 8.32. The van der Waals surface area contributed by atoms with E-state index in [1.165, 1.54) is 43.2 Å². The van der Waals surface area contributed by atoms with E-state index in [1.54, 1.807) is 0 Å². The molecule has 2 aliphatic heterocycles. The van der Waals surface area contributed by atoms with Crippen LogP contribution in [-0.4, -0.2) is 38.4 Å². The Morgan fingerprint density at radius 2 is 1.83 bits per heavy atom. The molecule has 0 radical (unpaired) electrons. The van der Waals surface area contributed by atoms with Crippen molar-refractivity contribution in [1.82, 2.24) is 16.0 Å². The molecule has 1 amide bonds. The highest BCUT2D eigenvalue weighted by atomic mass is 16.7. The number of benzene rings is 2. The Labute approximate surface area is 209 Å². The molecule has 0 spiro atoms. The van der Waals surface area contributed by atoms with Gasteiger partial charge in [0.15, 0.2) is 11.5 Å². The third kappa shape index (κ3) is 6.17. The lowest BCUT2D eigenvalue weighted by molar-refractivity contribution is 0.0929. The van der Waals surface area contributed by atoms with E-state index in [2.05, 4.69) is 47.1 Å². The molecule has 2 heterocycles. The summed E-state index contributed by atoms with van der Waals surface area (Å²) in [4.78, 5) is 12.6. The highest BCUT2D eigenvalue weighted by molar-refractivity contribution is 5.94. The van der Waals surface area contributed by atoms with Crippen molar-refractivity contribution >= 4 is 5.91 Å². The quantitative estimate of drug-likeness (QED) is 0.448. The van der Waals surface area contributed by atoms with Crippen LogP contribution in [0.2, 0.25) is 0 Å². The first kappa shape index (κ1) is 24.1. The summed E-state index contributed by atoms with van der Waals surface area (Å²) in [7, 11) is 0. The Kier molecular flexibility index (Phi) is 7.89. The molecular weight excluding hydrogens is 438 g/mol. The fourth-order valence-electron chi connectivity index (χ4n) is 5.79. The van der Waals surface area contributed by atoms with Gasteiger partial charge >= 0.3 is 0 Å². The van der Waals surface area contributed by atoms with Gasteiger partial charge in [0.25, 0.3) is 5.91 Å². The van der Waals surface area contributed by atoms with Gasteiger partial charge in [0, 0.05) is 17.6 Å². The van der Waals surface area contributed by atoms with Crippen molar-refractivity contribution in [3.05, 3.63) is 59.2 Å². The van der Waals surface area contributed by atoms with E-state index in [-0.39, 0.29) is 5.91 Å². The molecule has 1 saturated heterocycles. The molecular formula is C29H39N3O3. The molecule has 0 bridgehead atoms. The number of hydrogen-bond donors (Lipinski definition) is 3. The molecule has 6 nitrogen and oxygen atoms in total. The topological polar surface area (TPSA) is 71.6 Å². The molecule has 3 aliphatic rings. The number of rotatable bonds is 9. The second kappa shape index (κ2) is 11.4. The standard InChI is InChI=1S/C29H39N3O3/c1-20(24-10-11-27-28(18-24)35-19-34-27)31-14-2-3-21-4-5-25(17-21)22-6-8-23(9-7-22)29(33)32-26-12-15-30-16-13-26/h6-11,18,20-21,25-26,30-31H,2-5,12-17,19H2,1H3,(H,32,33). The SMILES string of the molecule is CC(NCCCC1CCC(c2ccc(C(=O)NC3CCNCC3)cc2)C1)c1ccc2c(c1)OCO2. The Morgan fingerprint density at radius 3 is 2.66 bits per heavy atom. The van der Waals surface area contributed by atoms with E-state index in [4.69, 9.17) is 9.47 Å². The summed E-state index contributed by atoms with van der Waals surface area (Å²) >= 11 is 0. The molecule has 2 fully saturated rings. The molecule has 1 saturated carbocycles. The van der Waals surface area contributed by atoms with E-state index >= 15 is 0 Å². The number of hydrogen-bond acceptors (Lipinski definition) is 5. The van der Waals surface area contributed by atoms with Crippen molar-refractivity contribution in [2.45, 2.75) is 69.9 Å². The van der Waals surface area contributed by atoms with Gasteiger partial charge in [-0.05, 0) is 119 Å². The van der Waals surface area contributed by atoms with Crippen LogP contribution >= 0.6 is 0 Å². The summed E-state index contributed by atoms with van der Waals surface area (Å²) < 4.78 is 10.9. The molecule has 0 aromatic heterocycles. The van der Waals surface area contributed by atoms with Gasteiger partial charge in [0.1, 0.15) is 0 Å². The predicted octanol–water partition coefficient (Wildman–Crippen LogP) is 4.91. The molecule has 2 aromatic carbocycles. The minimum Gasteiger partial charge on any atom is -0.454 e. The van der Waals surface area contributed by atoms with Crippen molar-refractivity contribution < 1.29 is 14.3 Å². The number of fused-ring (bicyclic) bond motifs is 1. The average Bonchev–Trinajstić information content (AvgIpc) is 3.56. The maximum Gasteiger partial charge on any atom is 0.251 e. The van der Waals surface area contributed by atoms with E-state index < -0.39 is 0 Å². The van der Waals surface area contributed by atoms with Crippen LogP contribution in [0.5, 0.6) is 11.5 Å². The number of carbonyl (C=O) groups is 1. The predicted molar refractivity (Wildman–Crippen MR) is 138 cm³/mol. The molecule has 188 valence electrons. The van der Waals surface area contributed by atoms with Gasteiger partial charge in [0.2, 0.25) is 6.79 Å². The van der Waals surface area contributed by atoms with E-state index in [1.807, 2.05) is 18.2 Å². The number of piperidine rings is 1. The summed E-state index contributed by atoms with van der Waals surface area (Å²) in [5.41, 5.74) is 3.41. The second-order valence-corrected chi connectivity index (χ2v) is 10.4. The number of amides is 1. The lowest BCUT2D eigenvalue weighted by Gasteiger charge is -2.23. The van der Waals surface area contributed by atoms with Crippen molar-refractivity contribution in [2.24, 2.45) is 5.92 Å². The lowest BCUT2D eigenvalue weighted by Crippen LogP contribution is -2.42. The van der Waals surface area contributed by atoms with Crippen LogP contribution in [0.4, 0.5) is 0 Å². The molecule has 2 aromatic rings. The maximum absolute atomic E-state index is 12.6. The lowest BCUT2D eigenvalue weighted by atomic mass is 9.94. The highest BCUT2D eigenvalue weighted by Crippen LogP contribution is 2.40. The molecule has 3 atom stereocenters. The van der Waals surface area contributed by atoms with Crippen LogP contribution in [0.25, 0.3) is 0 Å². The van der Waals surface area contributed by atoms with Gasteiger partial charge in [-0.2, -0.15) is 0 Å². The van der Waals surface area contributed by atoms with E-state index in [0.717, 1.165) is 55.5 Å². The van der Waals surface area contributed by atoms with Gasteiger partial charge in [0.05, 0.1) is 0 Å².